The first-order chi connectivity index (χ1) is 14.5. The Morgan fingerprint density at radius 2 is 1.83 bits per heavy atom. The number of carbonyl (C=O) groups is 2. The fourth-order valence-corrected chi connectivity index (χ4v) is 4.21. The quantitative estimate of drug-likeness (QED) is 0.420. The second-order valence-corrected chi connectivity index (χ2v) is 7.89. The van der Waals surface area contributed by atoms with Crippen molar-refractivity contribution < 1.29 is 19.4 Å². The third-order valence-electron chi connectivity index (χ3n) is 5.78. The van der Waals surface area contributed by atoms with Crippen LogP contribution in [0.25, 0.3) is 21.9 Å². The van der Waals surface area contributed by atoms with E-state index < -0.39 is 5.97 Å². The summed E-state index contributed by atoms with van der Waals surface area (Å²) < 4.78 is 5.90. The number of hydrogen-bond acceptors (Lipinski definition) is 3. The van der Waals surface area contributed by atoms with Crippen molar-refractivity contribution in [1.29, 1.82) is 0 Å². The number of rotatable bonds is 4. The van der Waals surface area contributed by atoms with Gasteiger partial charge in [-0.15, -0.1) is 0 Å². The van der Waals surface area contributed by atoms with Crippen molar-refractivity contribution in [1.82, 2.24) is 0 Å². The summed E-state index contributed by atoms with van der Waals surface area (Å²) in [4.78, 5) is 24.6. The van der Waals surface area contributed by atoms with Gasteiger partial charge in [-0.2, -0.15) is 0 Å². The van der Waals surface area contributed by atoms with Gasteiger partial charge in [0, 0.05) is 11.1 Å². The number of aromatic carboxylic acids is 1. The number of hydrogen-bond donors (Lipinski definition) is 1. The number of carbonyl (C=O) groups excluding carboxylic acids is 1. The van der Waals surface area contributed by atoms with E-state index >= 15 is 0 Å². The summed E-state index contributed by atoms with van der Waals surface area (Å²) in [6, 6.07) is 16.8. The summed E-state index contributed by atoms with van der Waals surface area (Å²) in [7, 11) is 0. The molecule has 1 atom stereocenters. The van der Waals surface area contributed by atoms with E-state index in [2.05, 4.69) is 6.92 Å². The minimum atomic E-state index is -0.977. The molecule has 0 saturated carbocycles. The number of benzene rings is 3. The maximum absolute atomic E-state index is 12.9. The average Bonchev–Trinajstić information content (AvgIpc) is 2.74. The van der Waals surface area contributed by atoms with Crippen LogP contribution >= 0.6 is 0 Å². The van der Waals surface area contributed by atoms with E-state index in [4.69, 9.17) is 4.74 Å². The lowest BCUT2D eigenvalue weighted by Crippen LogP contribution is -2.16. The molecule has 0 aliphatic heterocycles. The third kappa shape index (κ3) is 3.73. The number of allylic oxidation sites excluding steroid dienone is 1. The number of ether oxygens (including phenoxy) is 1. The summed E-state index contributed by atoms with van der Waals surface area (Å²) in [5.74, 6) is -0.491. The number of fused-ring (bicyclic) bond motifs is 1. The topological polar surface area (TPSA) is 63.6 Å². The highest BCUT2D eigenvalue weighted by Crippen LogP contribution is 2.40. The zero-order chi connectivity index (χ0) is 21.3. The predicted molar refractivity (Wildman–Crippen MR) is 118 cm³/mol. The molecule has 4 heteroatoms. The Labute approximate surface area is 175 Å². The molecule has 4 rings (SSSR count). The van der Waals surface area contributed by atoms with Crippen LogP contribution in [0.2, 0.25) is 0 Å². The smallest absolute Gasteiger partial charge is 0.339 e. The number of esters is 1. The maximum atomic E-state index is 12.9. The fraction of sp³-hybridized carbons (Fsp3) is 0.231. The molecule has 0 saturated heterocycles. The van der Waals surface area contributed by atoms with E-state index in [1.54, 1.807) is 25.1 Å². The second-order valence-electron chi connectivity index (χ2n) is 7.89. The van der Waals surface area contributed by atoms with E-state index in [1.807, 2.05) is 42.5 Å². The van der Waals surface area contributed by atoms with E-state index in [-0.39, 0.29) is 11.5 Å². The Hall–Kier alpha value is -3.40. The van der Waals surface area contributed by atoms with Crippen LogP contribution < -0.4 is 4.74 Å². The SMILES string of the molecule is Cc1c(C(=O)O)cccc1-c1c(OC(=O)C2=CC(C)CCC2)ccc2ccccc12. The molecule has 0 radical (unpaired) electrons. The summed E-state index contributed by atoms with van der Waals surface area (Å²) >= 11 is 0. The van der Waals surface area contributed by atoms with Crippen molar-refractivity contribution in [2.45, 2.75) is 33.1 Å². The highest BCUT2D eigenvalue weighted by molar-refractivity contribution is 6.03. The molecule has 0 fully saturated rings. The summed E-state index contributed by atoms with van der Waals surface area (Å²) in [5.41, 5.74) is 3.08. The number of carboxylic acids is 1. The van der Waals surface area contributed by atoms with Crippen LogP contribution in [0.3, 0.4) is 0 Å². The maximum Gasteiger partial charge on any atom is 0.339 e. The standard InChI is InChI=1S/C26H24O4/c1-16-7-5-9-19(15-16)26(29)30-23-14-13-18-8-3-4-10-22(18)24(23)20-11-6-12-21(17(20)2)25(27)28/h3-4,6,8,10-16H,5,7,9H2,1-2H3,(H,27,28). The van der Waals surface area contributed by atoms with Gasteiger partial charge < -0.3 is 9.84 Å². The average molecular weight is 400 g/mol. The van der Waals surface area contributed by atoms with Crippen LogP contribution in [0.1, 0.15) is 42.1 Å². The van der Waals surface area contributed by atoms with Crippen molar-refractivity contribution in [2.75, 3.05) is 0 Å². The van der Waals surface area contributed by atoms with Gasteiger partial charge in [0.05, 0.1) is 5.56 Å². The molecule has 152 valence electrons. The Morgan fingerprint density at radius 1 is 1.03 bits per heavy atom. The second kappa shape index (κ2) is 8.15. The largest absolute Gasteiger partial charge is 0.478 e. The van der Waals surface area contributed by atoms with E-state index in [0.717, 1.165) is 41.2 Å². The van der Waals surface area contributed by atoms with Crippen molar-refractivity contribution >= 4 is 22.7 Å². The molecular weight excluding hydrogens is 376 g/mol. The zero-order valence-electron chi connectivity index (χ0n) is 17.1. The number of carboxylic acid groups (broad SMARTS) is 1. The van der Waals surface area contributed by atoms with Crippen LogP contribution in [0.4, 0.5) is 0 Å². The van der Waals surface area contributed by atoms with Gasteiger partial charge >= 0.3 is 11.9 Å². The van der Waals surface area contributed by atoms with E-state index in [9.17, 15) is 14.7 Å². The molecule has 1 unspecified atom stereocenters. The molecule has 0 bridgehead atoms. The van der Waals surface area contributed by atoms with Crippen molar-refractivity contribution in [2.24, 2.45) is 5.92 Å². The van der Waals surface area contributed by atoms with Crippen LogP contribution in [0.15, 0.2) is 66.2 Å². The lowest BCUT2D eigenvalue weighted by molar-refractivity contribution is -0.130. The minimum Gasteiger partial charge on any atom is -0.478 e. The molecule has 0 amide bonds. The van der Waals surface area contributed by atoms with Crippen molar-refractivity contribution in [3.05, 3.63) is 77.4 Å². The van der Waals surface area contributed by atoms with Crippen molar-refractivity contribution in [3.63, 3.8) is 0 Å². The molecule has 3 aromatic rings. The molecule has 1 aliphatic carbocycles. The normalized spacial score (nSPS) is 16.2. The van der Waals surface area contributed by atoms with Gasteiger partial charge in [-0.25, -0.2) is 9.59 Å². The molecule has 0 heterocycles. The molecule has 30 heavy (non-hydrogen) atoms. The van der Waals surface area contributed by atoms with Gasteiger partial charge in [0.15, 0.2) is 0 Å². The summed E-state index contributed by atoms with van der Waals surface area (Å²) in [5, 5.41) is 11.5. The molecule has 1 aliphatic rings. The first-order valence-corrected chi connectivity index (χ1v) is 10.2. The summed E-state index contributed by atoms with van der Waals surface area (Å²) in [6.45, 7) is 3.89. The van der Waals surface area contributed by atoms with Crippen LogP contribution in [0, 0.1) is 12.8 Å². The van der Waals surface area contributed by atoms with Gasteiger partial charge in [-0.05, 0) is 66.1 Å². The lowest BCUT2D eigenvalue weighted by Gasteiger charge is -2.19. The van der Waals surface area contributed by atoms with E-state index in [0.29, 0.717) is 22.8 Å². The Morgan fingerprint density at radius 3 is 2.60 bits per heavy atom. The van der Waals surface area contributed by atoms with Gasteiger partial charge in [0.1, 0.15) is 5.75 Å². The molecule has 1 N–H and O–H groups in total. The zero-order valence-corrected chi connectivity index (χ0v) is 17.1. The summed E-state index contributed by atoms with van der Waals surface area (Å²) in [6.07, 6.45) is 4.79. The Bertz CT molecular complexity index is 1170. The van der Waals surface area contributed by atoms with Gasteiger partial charge in [0.2, 0.25) is 0 Å². The minimum absolute atomic E-state index is 0.238. The molecule has 0 spiro atoms. The van der Waals surface area contributed by atoms with Crippen molar-refractivity contribution in [3.8, 4) is 16.9 Å². The third-order valence-corrected chi connectivity index (χ3v) is 5.78. The van der Waals surface area contributed by atoms with Crippen LogP contribution in [-0.2, 0) is 4.79 Å². The Balaban J connectivity index is 1.87. The molecule has 0 aromatic heterocycles. The van der Waals surface area contributed by atoms with Crippen LogP contribution in [-0.4, -0.2) is 17.0 Å². The highest BCUT2D eigenvalue weighted by Gasteiger charge is 2.22. The van der Waals surface area contributed by atoms with Gasteiger partial charge in [0.25, 0.3) is 0 Å². The lowest BCUT2D eigenvalue weighted by atomic mass is 9.91. The fourth-order valence-electron chi connectivity index (χ4n) is 4.21. The Kier molecular flexibility index (Phi) is 5.40. The first kappa shape index (κ1) is 19.9. The molecule has 4 nitrogen and oxygen atoms in total. The van der Waals surface area contributed by atoms with E-state index in [1.165, 1.54) is 0 Å². The predicted octanol–water partition coefficient (Wildman–Crippen LogP) is 6.17. The molecular formula is C26H24O4. The first-order valence-electron chi connectivity index (χ1n) is 10.2. The molecule has 3 aromatic carbocycles. The monoisotopic (exact) mass is 400 g/mol. The van der Waals surface area contributed by atoms with Gasteiger partial charge in [-0.1, -0.05) is 55.5 Å². The van der Waals surface area contributed by atoms with Gasteiger partial charge in [-0.3, -0.25) is 0 Å². The highest BCUT2D eigenvalue weighted by atomic mass is 16.5. The van der Waals surface area contributed by atoms with Crippen LogP contribution in [0.5, 0.6) is 5.75 Å².